The van der Waals surface area contributed by atoms with E-state index in [1.54, 1.807) is 12.4 Å². The third-order valence-electron chi connectivity index (χ3n) is 4.93. The number of carboxylic acids is 1. The van der Waals surface area contributed by atoms with E-state index < -0.39 is 12.1 Å². The molecule has 1 unspecified atom stereocenters. The number of aromatic nitrogens is 2. The number of benzene rings is 1. The second-order valence-corrected chi connectivity index (χ2v) is 6.69. The lowest BCUT2D eigenvalue weighted by Gasteiger charge is -2.11. The maximum Gasteiger partial charge on any atom is 0.333 e. The maximum absolute atomic E-state index is 11.2. The van der Waals surface area contributed by atoms with Gasteiger partial charge in [-0.3, -0.25) is 9.97 Å². The van der Waals surface area contributed by atoms with Crippen molar-refractivity contribution in [1.29, 1.82) is 0 Å². The zero-order valence-electron chi connectivity index (χ0n) is 15.9. The Balaban J connectivity index is 1.51. The smallest absolute Gasteiger partial charge is 0.333 e. The number of hydrogen-bond donors (Lipinski definition) is 1. The second kappa shape index (κ2) is 8.24. The molecule has 3 aromatic rings. The molecule has 6 heteroatoms. The average Bonchev–Trinajstić information content (AvgIpc) is 3.06. The Labute approximate surface area is 168 Å². The Morgan fingerprint density at radius 1 is 1.07 bits per heavy atom. The first-order valence-electron chi connectivity index (χ1n) is 9.24. The van der Waals surface area contributed by atoms with E-state index in [1.807, 2.05) is 54.9 Å². The largest absolute Gasteiger partial charge is 0.490 e. The Morgan fingerprint density at radius 2 is 1.76 bits per heavy atom. The lowest BCUT2D eigenvalue weighted by atomic mass is 10.1. The summed E-state index contributed by atoms with van der Waals surface area (Å²) in [5.74, 6) is -0.298. The molecule has 1 atom stereocenters. The van der Waals surface area contributed by atoms with Crippen molar-refractivity contribution in [2.24, 2.45) is 0 Å². The van der Waals surface area contributed by atoms with Crippen LogP contribution in [0.15, 0.2) is 67.3 Å². The van der Waals surface area contributed by atoms with Crippen molar-refractivity contribution in [3.05, 3.63) is 84.0 Å². The van der Waals surface area contributed by atoms with E-state index in [1.165, 1.54) is 7.11 Å². The van der Waals surface area contributed by atoms with Crippen molar-refractivity contribution in [3.8, 4) is 16.9 Å². The molecule has 0 bridgehead atoms. The SMILES string of the molecule is COC(Cc1cccc(OCC=C2c3ccncc3-c3cnccc32)c1)C(=O)O. The van der Waals surface area contributed by atoms with Crippen molar-refractivity contribution in [2.75, 3.05) is 13.7 Å². The number of aliphatic carboxylic acids is 1. The van der Waals surface area contributed by atoms with Gasteiger partial charge in [0.25, 0.3) is 0 Å². The number of ether oxygens (including phenoxy) is 2. The maximum atomic E-state index is 11.2. The second-order valence-electron chi connectivity index (χ2n) is 6.69. The van der Waals surface area contributed by atoms with E-state index in [4.69, 9.17) is 14.6 Å². The molecule has 2 heterocycles. The Morgan fingerprint density at radius 3 is 2.38 bits per heavy atom. The molecule has 6 nitrogen and oxygen atoms in total. The zero-order valence-corrected chi connectivity index (χ0v) is 15.9. The van der Waals surface area contributed by atoms with Crippen LogP contribution in [-0.4, -0.2) is 40.9 Å². The van der Waals surface area contributed by atoms with Crippen LogP contribution in [0.25, 0.3) is 16.7 Å². The number of fused-ring (bicyclic) bond motifs is 3. The number of nitrogens with zero attached hydrogens (tertiary/aromatic N) is 2. The summed E-state index contributed by atoms with van der Waals surface area (Å²) >= 11 is 0. The van der Waals surface area contributed by atoms with E-state index >= 15 is 0 Å². The van der Waals surface area contributed by atoms with Gasteiger partial charge in [-0.1, -0.05) is 12.1 Å². The monoisotopic (exact) mass is 388 g/mol. The van der Waals surface area contributed by atoms with Gasteiger partial charge in [-0.2, -0.15) is 0 Å². The van der Waals surface area contributed by atoms with Crippen LogP contribution in [0.5, 0.6) is 5.75 Å². The predicted octanol–water partition coefficient (Wildman–Crippen LogP) is 3.61. The highest BCUT2D eigenvalue weighted by atomic mass is 16.5. The van der Waals surface area contributed by atoms with Crippen LogP contribution in [0.2, 0.25) is 0 Å². The van der Waals surface area contributed by atoms with Gasteiger partial charge in [-0.05, 0) is 52.6 Å². The van der Waals surface area contributed by atoms with Crippen LogP contribution in [-0.2, 0) is 16.0 Å². The number of rotatable bonds is 7. The molecule has 4 rings (SSSR count). The van der Waals surface area contributed by atoms with Crippen molar-refractivity contribution in [3.63, 3.8) is 0 Å². The molecule has 1 aliphatic rings. The minimum Gasteiger partial charge on any atom is -0.490 e. The van der Waals surface area contributed by atoms with Crippen LogP contribution in [0.1, 0.15) is 16.7 Å². The summed E-state index contributed by atoms with van der Waals surface area (Å²) in [5, 5.41) is 9.15. The first kappa shape index (κ1) is 18.8. The van der Waals surface area contributed by atoms with Gasteiger partial charge >= 0.3 is 5.97 Å². The third kappa shape index (κ3) is 3.88. The topological polar surface area (TPSA) is 81.5 Å². The highest BCUT2D eigenvalue weighted by Crippen LogP contribution is 2.42. The molecular formula is C23H20N2O4. The minimum atomic E-state index is -0.980. The van der Waals surface area contributed by atoms with Gasteiger partial charge in [0, 0.05) is 49.4 Å². The molecular weight excluding hydrogens is 368 g/mol. The number of carbonyl (C=O) groups is 1. The molecule has 29 heavy (non-hydrogen) atoms. The standard InChI is InChI=1S/C23H20N2O4/c1-28-22(23(26)27)12-15-3-2-4-16(11-15)29-10-7-19-17-5-8-24-13-20(17)21-14-25-9-6-18(19)21/h2-9,11,13-14,22H,10,12H2,1H3,(H,26,27). The number of methoxy groups -OCH3 is 1. The quantitative estimate of drug-likeness (QED) is 0.521. The number of carboxylic acid groups (broad SMARTS) is 1. The number of hydrogen-bond acceptors (Lipinski definition) is 5. The van der Waals surface area contributed by atoms with E-state index in [9.17, 15) is 4.79 Å². The van der Waals surface area contributed by atoms with Gasteiger partial charge in [0.2, 0.25) is 0 Å². The first-order chi connectivity index (χ1) is 14.2. The van der Waals surface area contributed by atoms with Gasteiger partial charge in [0.15, 0.2) is 6.10 Å². The molecule has 0 aliphatic heterocycles. The normalized spacial score (nSPS) is 12.8. The Bertz CT molecular complexity index is 1030. The van der Waals surface area contributed by atoms with Crippen LogP contribution in [0.4, 0.5) is 0 Å². The molecule has 1 aromatic carbocycles. The lowest BCUT2D eigenvalue weighted by Crippen LogP contribution is -2.24. The van der Waals surface area contributed by atoms with Crippen molar-refractivity contribution < 1.29 is 19.4 Å². The summed E-state index contributed by atoms with van der Waals surface area (Å²) in [5.41, 5.74) is 6.32. The van der Waals surface area contributed by atoms with Crippen LogP contribution >= 0.6 is 0 Å². The van der Waals surface area contributed by atoms with Gasteiger partial charge < -0.3 is 14.6 Å². The molecule has 0 saturated carbocycles. The van der Waals surface area contributed by atoms with Crippen LogP contribution < -0.4 is 4.74 Å². The highest BCUT2D eigenvalue weighted by Gasteiger charge is 2.23. The summed E-state index contributed by atoms with van der Waals surface area (Å²) in [6.07, 6.45) is 8.74. The zero-order chi connectivity index (χ0) is 20.2. The first-order valence-corrected chi connectivity index (χ1v) is 9.24. The summed E-state index contributed by atoms with van der Waals surface area (Å²) in [7, 11) is 1.40. The minimum absolute atomic E-state index is 0.283. The fourth-order valence-electron chi connectivity index (χ4n) is 3.52. The molecule has 0 saturated heterocycles. The van der Waals surface area contributed by atoms with Crippen molar-refractivity contribution >= 4 is 11.5 Å². The molecule has 1 aliphatic carbocycles. The van der Waals surface area contributed by atoms with E-state index in [0.717, 1.165) is 33.4 Å². The molecule has 0 spiro atoms. The van der Waals surface area contributed by atoms with Crippen LogP contribution in [0.3, 0.4) is 0 Å². The Hall–Kier alpha value is -3.51. The summed E-state index contributed by atoms with van der Waals surface area (Å²) in [6, 6.07) is 11.4. The molecule has 0 amide bonds. The van der Waals surface area contributed by atoms with E-state index in [-0.39, 0.29) is 6.42 Å². The molecule has 0 radical (unpaired) electrons. The molecule has 146 valence electrons. The predicted molar refractivity (Wildman–Crippen MR) is 109 cm³/mol. The fraction of sp³-hybridized carbons (Fsp3) is 0.174. The molecule has 0 fully saturated rings. The van der Waals surface area contributed by atoms with Gasteiger partial charge in [0.1, 0.15) is 12.4 Å². The average molecular weight is 388 g/mol. The summed E-state index contributed by atoms with van der Waals surface area (Å²) in [6.45, 7) is 0.384. The molecule has 2 aromatic heterocycles. The van der Waals surface area contributed by atoms with Crippen molar-refractivity contribution in [1.82, 2.24) is 9.97 Å². The number of pyridine rings is 2. The van der Waals surface area contributed by atoms with E-state index in [0.29, 0.717) is 12.4 Å². The van der Waals surface area contributed by atoms with Crippen LogP contribution in [0, 0.1) is 0 Å². The molecule has 1 N–H and O–H groups in total. The van der Waals surface area contributed by atoms with Gasteiger partial charge in [-0.25, -0.2) is 4.79 Å². The summed E-state index contributed by atoms with van der Waals surface area (Å²) < 4.78 is 10.9. The van der Waals surface area contributed by atoms with Crippen molar-refractivity contribution in [2.45, 2.75) is 12.5 Å². The fourth-order valence-corrected chi connectivity index (χ4v) is 3.52. The van der Waals surface area contributed by atoms with Gasteiger partial charge in [-0.15, -0.1) is 0 Å². The summed E-state index contributed by atoms with van der Waals surface area (Å²) in [4.78, 5) is 19.6. The lowest BCUT2D eigenvalue weighted by molar-refractivity contribution is -0.148. The van der Waals surface area contributed by atoms with E-state index in [2.05, 4.69) is 9.97 Å². The highest BCUT2D eigenvalue weighted by molar-refractivity contribution is 6.00. The van der Waals surface area contributed by atoms with Gasteiger partial charge in [0.05, 0.1) is 0 Å². The third-order valence-corrected chi connectivity index (χ3v) is 4.93. The Kier molecular flexibility index (Phi) is 5.35.